The third kappa shape index (κ3) is 4.19. The summed E-state index contributed by atoms with van der Waals surface area (Å²) in [6, 6.07) is 20.8. The number of nitrogens with one attached hydrogen (secondary N) is 1. The van der Waals surface area contributed by atoms with E-state index in [0.29, 0.717) is 12.5 Å². The molecule has 0 heterocycles. The first kappa shape index (κ1) is 13.8. The first-order valence-corrected chi connectivity index (χ1v) is 6.74. The second-order valence-electron chi connectivity index (χ2n) is 5.08. The van der Waals surface area contributed by atoms with Crippen molar-refractivity contribution in [3.05, 3.63) is 71.8 Å². The molecule has 0 saturated heterocycles. The largest absolute Gasteiger partial charge is 0.301 e. The summed E-state index contributed by atoms with van der Waals surface area (Å²) in [5.41, 5.74) is 5.60. The minimum Gasteiger partial charge on any atom is -0.301 e. The third-order valence-electron chi connectivity index (χ3n) is 2.88. The van der Waals surface area contributed by atoms with Gasteiger partial charge >= 0.3 is 0 Å². The van der Waals surface area contributed by atoms with Crippen LogP contribution in [0, 0.1) is 5.92 Å². The molecule has 0 fully saturated rings. The molecule has 0 bridgehead atoms. The zero-order valence-corrected chi connectivity index (χ0v) is 11.5. The average Bonchev–Trinajstić information content (AvgIpc) is 2.45. The van der Waals surface area contributed by atoms with Gasteiger partial charge in [0.1, 0.15) is 0 Å². The smallest absolute Gasteiger partial charge is 0.0821 e. The Hall–Kier alpha value is -1.64. The van der Waals surface area contributed by atoms with Crippen molar-refractivity contribution in [2.75, 3.05) is 6.61 Å². The second-order valence-corrected chi connectivity index (χ2v) is 5.08. The number of hydrogen-bond acceptors (Lipinski definition) is 2. The molecule has 2 aromatic rings. The molecule has 2 aromatic carbocycles. The highest BCUT2D eigenvalue weighted by Crippen LogP contribution is 2.21. The van der Waals surface area contributed by atoms with Crippen molar-refractivity contribution in [1.82, 2.24) is 5.48 Å². The summed E-state index contributed by atoms with van der Waals surface area (Å²) in [6.45, 7) is 4.99. The van der Waals surface area contributed by atoms with Gasteiger partial charge in [-0.25, -0.2) is 0 Å². The van der Waals surface area contributed by atoms with E-state index >= 15 is 0 Å². The molecule has 100 valence electrons. The molecule has 0 aromatic heterocycles. The Morgan fingerprint density at radius 1 is 0.842 bits per heavy atom. The highest BCUT2D eigenvalue weighted by Gasteiger charge is 2.13. The molecular formula is C17H21NO. The fourth-order valence-electron chi connectivity index (χ4n) is 1.92. The van der Waals surface area contributed by atoms with Crippen LogP contribution < -0.4 is 5.48 Å². The minimum atomic E-state index is 0.0705. The average molecular weight is 255 g/mol. The molecule has 19 heavy (non-hydrogen) atoms. The Bertz CT molecular complexity index is 428. The lowest BCUT2D eigenvalue weighted by Gasteiger charge is -2.20. The lowest BCUT2D eigenvalue weighted by atomic mass is 10.00. The van der Waals surface area contributed by atoms with Gasteiger partial charge in [-0.15, -0.1) is 0 Å². The second kappa shape index (κ2) is 7.07. The number of benzene rings is 2. The maximum atomic E-state index is 5.62. The zero-order chi connectivity index (χ0) is 13.5. The molecular weight excluding hydrogens is 234 g/mol. The van der Waals surface area contributed by atoms with Crippen LogP contribution in [-0.4, -0.2) is 6.61 Å². The Morgan fingerprint density at radius 3 is 1.74 bits per heavy atom. The van der Waals surface area contributed by atoms with E-state index in [4.69, 9.17) is 4.84 Å². The van der Waals surface area contributed by atoms with Gasteiger partial charge in [0.05, 0.1) is 12.6 Å². The van der Waals surface area contributed by atoms with Gasteiger partial charge in [0.25, 0.3) is 0 Å². The number of hydroxylamine groups is 1. The van der Waals surface area contributed by atoms with Crippen LogP contribution in [0.3, 0.4) is 0 Å². The van der Waals surface area contributed by atoms with Crippen molar-refractivity contribution in [1.29, 1.82) is 0 Å². The van der Waals surface area contributed by atoms with Gasteiger partial charge in [-0.3, -0.25) is 0 Å². The number of hydrogen-bond donors (Lipinski definition) is 1. The molecule has 0 saturated carbocycles. The van der Waals surface area contributed by atoms with E-state index in [2.05, 4.69) is 67.9 Å². The van der Waals surface area contributed by atoms with Gasteiger partial charge < -0.3 is 4.84 Å². The third-order valence-corrected chi connectivity index (χ3v) is 2.88. The van der Waals surface area contributed by atoms with Crippen LogP contribution >= 0.6 is 0 Å². The normalized spacial score (nSPS) is 11.2. The van der Waals surface area contributed by atoms with Crippen LogP contribution in [0.15, 0.2) is 60.7 Å². The van der Waals surface area contributed by atoms with E-state index in [1.807, 2.05) is 12.1 Å². The zero-order valence-electron chi connectivity index (χ0n) is 11.5. The van der Waals surface area contributed by atoms with Gasteiger partial charge in [0.2, 0.25) is 0 Å². The fraction of sp³-hybridized carbons (Fsp3) is 0.294. The van der Waals surface area contributed by atoms with Crippen LogP contribution in [0.4, 0.5) is 0 Å². The van der Waals surface area contributed by atoms with E-state index in [1.54, 1.807) is 0 Å². The Labute approximate surface area is 115 Å². The molecule has 0 aliphatic carbocycles. The van der Waals surface area contributed by atoms with E-state index < -0.39 is 0 Å². The first-order valence-electron chi connectivity index (χ1n) is 6.74. The van der Waals surface area contributed by atoms with Crippen LogP contribution in [0.5, 0.6) is 0 Å². The molecule has 0 spiro atoms. The highest BCUT2D eigenvalue weighted by atomic mass is 16.6. The number of rotatable bonds is 6. The summed E-state index contributed by atoms with van der Waals surface area (Å²) >= 11 is 0. The Morgan fingerprint density at radius 2 is 1.32 bits per heavy atom. The maximum absolute atomic E-state index is 5.62. The van der Waals surface area contributed by atoms with Gasteiger partial charge in [-0.2, -0.15) is 5.48 Å². The maximum Gasteiger partial charge on any atom is 0.0821 e. The van der Waals surface area contributed by atoms with Crippen molar-refractivity contribution in [3.8, 4) is 0 Å². The van der Waals surface area contributed by atoms with Crippen molar-refractivity contribution in [2.45, 2.75) is 19.9 Å². The van der Waals surface area contributed by atoms with Crippen molar-refractivity contribution >= 4 is 0 Å². The summed E-state index contributed by atoms with van der Waals surface area (Å²) in [7, 11) is 0. The summed E-state index contributed by atoms with van der Waals surface area (Å²) in [5.74, 6) is 0.514. The topological polar surface area (TPSA) is 21.3 Å². The van der Waals surface area contributed by atoms with Crippen molar-refractivity contribution in [2.24, 2.45) is 5.92 Å². The molecule has 2 heteroatoms. The standard InChI is InChI=1S/C17H21NO/c1-14(2)13-19-18-17(15-9-5-3-6-10-15)16-11-7-4-8-12-16/h3-12,14,17-18H,13H2,1-2H3. The fourth-order valence-corrected chi connectivity index (χ4v) is 1.92. The molecule has 0 radical (unpaired) electrons. The van der Waals surface area contributed by atoms with Crippen molar-refractivity contribution in [3.63, 3.8) is 0 Å². The van der Waals surface area contributed by atoms with Gasteiger partial charge in [0, 0.05) is 0 Å². The predicted octanol–water partition coefficient (Wildman–Crippen LogP) is 3.95. The van der Waals surface area contributed by atoms with Gasteiger partial charge in [-0.05, 0) is 17.0 Å². The van der Waals surface area contributed by atoms with Crippen LogP contribution in [0.2, 0.25) is 0 Å². The lowest BCUT2D eigenvalue weighted by Crippen LogP contribution is -2.24. The quantitative estimate of drug-likeness (QED) is 0.789. The highest BCUT2D eigenvalue weighted by molar-refractivity contribution is 5.30. The Balaban J connectivity index is 2.14. The molecule has 2 nitrogen and oxygen atoms in total. The van der Waals surface area contributed by atoms with Crippen LogP contribution in [0.25, 0.3) is 0 Å². The molecule has 0 aliphatic rings. The molecule has 0 unspecified atom stereocenters. The summed E-state index contributed by atoms with van der Waals surface area (Å²) < 4.78 is 0. The molecule has 2 rings (SSSR count). The lowest BCUT2D eigenvalue weighted by molar-refractivity contribution is 0.00839. The van der Waals surface area contributed by atoms with E-state index in [0.717, 1.165) is 0 Å². The predicted molar refractivity (Wildman–Crippen MR) is 78.7 cm³/mol. The summed E-state index contributed by atoms with van der Waals surface area (Å²) in [5, 5.41) is 0. The summed E-state index contributed by atoms with van der Waals surface area (Å²) in [6.07, 6.45) is 0. The molecule has 0 atom stereocenters. The molecule has 0 amide bonds. The minimum absolute atomic E-state index is 0.0705. The van der Waals surface area contributed by atoms with E-state index in [-0.39, 0.29) is 6.04 Å². The van der Waals surface area contributed by atoms with Gasteiger partial charge in [0.15, 0.2) is 0 Å². The molecule has 1 N–H and O–H groups in total. The van der Waals surface area contributed by atoms with Crippen molar-refractivity contribution < 1.29 is 4.84 Å². The summed E-state index contributed by atoms with van der Waals surface area (Å²) in [4.78, 5) is 5.62. The first-order chi connectivity index (χ1) is 9.27. The monoisotopic (exact) mass is 255 g/mol. The molecule has 0 aliphatic heterocycles. The van der Waals surface area contributed by atoms with E-state index in [9.17, 15) is 0 Å². The van der Waals surface area contributed by atoms with Crippen LogP contribution in [0.1, 0.15) is 31.0 Å². The Kier molecular flexibility index (Phi) is 5.13. The van der Waals surface area contributed by atoms with Crippen LogP contribution in [-0.2, 0) is 4.84 Å². The SMILES string of the molecule is CC(C)CONC(c1ccccc1)c1ccccc1. The van der Waals surface area contributed by atoms with Gasteiger partial charge in [-0.1, -0.05) is 74.5 Å². The van der Waals surface area contributed by atoms with E-state index in [1.165, 1.54) is 11.1 Å².